The van der Waals surface area contributed by atoms with E-state index in [2.05, 4.69) is 25.5 Å². The Hall–Kier alpha value is -2.37. The summed E-state index contributed by atoms with van der Waals surface area (Å²) in [6.07, 6.45) is 1.45. The zero-order valence-electron chi connectivity index (χ0n) is 9.46. The second-order valence-electron chi connectivity index (χ2n) is 3.55. The third kappa shape index (κ3) is 3.04. The predicted octanol–water partition coefficient (Wildman–Crippen LogP) is 1.29. The van der Waals surface area contributed by atoms with E-state index < -0.39 is 0 Å². The average Bonchev–Trinajstić information content (AvgIpc) is 2.83. The summed E-state index contributed by atoms with van der Waals surface area (Å²) >= 11 is 0. The minimum Gasteiger partial charge on any atom is -0.370 e. The quantitative estimate of drug-likeness (QED) is 0.547. The van der Waals surface area contributed by atoms with Gasteiger partial charge in [-0.3, -0.25) is 5.10 Å². The van der Waals surface area contributed by atoms with Crippen molar-refractivity contribution >= 4 is 11.6 Å². The molecule has 0 aliphatic carbocycles. The van der Waals surface area contributed by atoms with Crippen LogP contribution in [0.3, 0.4) is 0 Å². The lowest BCUT2D eigenvalue weighted by molar-refractivity contribution is 0.746. The standard InChI is InChI=1S/C11H14N6/c1-8(10-13-7-14-17-10)15-11(12)16-9-5-3-2-4-6-9/h2-8H,1H3,(H3,12,15,16)(H,13,14,17). The van der Waals surface area contributed by atoms with Gasteiger partial charge in [0.2, 0.25) is 0 Å². The van der Waals surface area contributed by atoms with E-state index in [1.807, 2.05) is 37.3 Å². The minimum atomic E-state index is -0.159. The van der Waals surface area contributed by atoms with Crippen molar-refractivity contribution in [2.75, 3.05) is 5.32 Å². The van der Waals surface area contributed by atoms with Gasteiger partial charge >= 0.3 is 0 Å². The molecule has 0 spiro atoms. The molecule has 1 aromatic heterocycles. The summed E-state index contributed by atoms with van der Waals surface area (Å²) in [4.78, 5) is 8.28. The summed E-state index contributed by atoms with van der Waals surface area (Å²) < 4.78 is 0. The number of hydrogen-bond donors (Lipinski definition) is 3. The van der Waals surface area contributed by atoms with Gasteiger partial charge < -0.3 is 11.1 Å². The molecule has 2 rings (SSSR count). The van der Waals surface area contributed by atoms with Crippen molar-refractivity contribution in [1.29, 1.82) is 0 Å². The molecule has 0 aliphatic heterocycles. The zero-order chi connectivity index (χ0) is 12.1. The summed E-state index contributed by atoms with van der Waals surface area (Å²) in [6, 6.07) is 9.47. The van der Waals surface area contributed by atoms with Gasteiger partial charge in [0.1, 0.15) is 18.2 Å². The first kappa shape index (κ1) is 11.1. The number of H-pyrrole nitrogens is 1. The topological polar surface area (TPSA) is 92.0 Å². The molecule has 0 fully saturated rings. The lowest BCUT2D eigenvalue weighted by Gasteiger charge is -2.07. The van der Waals surface area contributed by atoms with Crippen LogP contribution in [0, 0.1) is 0 Å². The van der Waals surface area contributed by atoms with E-state index in [0.29, 0.717) is 11.8 Å². The maximum atomic E-state index is 5.79. The van der Waals surface area contributed by atoms with Crippen molar-refractivity contribution in [3.63, 3.8) is 0 Å². The Bertz CT molecular complexity index is 476. The summed E-state index contributed by atoms with van der Waals surface area (Å²) in [5.74, 6) is 1.03. The number of nitrogens with zero attached hydrogens (tertiary/aromatic N) is 3. The minimum absolute atomic E-state index is 0.159. The number of nitrogens with one attached hydrogen (secondary N) is 2. The molecule has 2 aromatic rings. The number of anilines is 1. The summed E-state index contributed by atoms with van der Waals surface area (Å²) in [5, 5.41) is 9.52. The molecular formula is C11H14N6. The van der Waals surface area contributed by atoms with E-state index in [1.54, 1.807) is 0 Å². The van der Waals surface area contributed by atoms with Crippen LogP contribution >= 0.6 is 0 Å². The molecule has 1 aromatic carbocycles. The van der Waals surface area contributed by atoms with Crippen molar-refractivity contribution < 1.29 is 0 Å². The highest BCUT2D eigenvalue weighted by Gasteiger charge is 2.06. The number of hydrogen-bond acceptors (Lipinski definition) is 3. The smallest absolute Gasteiger partial charge is 0.193 e. The van der Waals surface area contributed by atoms with Crippen LogP contribution in [0.25, 0.3) is 0 Å². The van der Waals surface area contributed by atoms with Gasteiger partial charge in [-0.1, -0.05) is 18.2 Å². The average molecular weight is 230 g/mol. The Morgan fingerprint density at radius 1 is 1.41 bits per heavy atom. The third-order valence-electron chi connectivity index (χ3n) is 2.21. The molecule has 1 heterocycles. The fourth-order valence-electron chi connectivity index (χ4n) is 1.39. The maximum Gasteiger partial charge on any atom is 0.193 e. The Kier molecular flexibility index (Phi) is 3.34. The molecular weight excluding hydrogens is 216 g/mol. The molecule has 6 nitrogen and oxygen atoms in total. The molecule has 0 amide bonds. The van der Waals surface area contributed by atoms with Crippen LogP contribution in [-0.4, -0.2) is 21.1 Å². The predicted molar refractivity (Wildman–Crippen MR) is 66.5 cm³/mol. The molecule has 0 radical (unpaired) electrons. The van der Waals surface area contributed by atoms with E-state index in [9.17, 15) is 0 Å². The molecule has 17 heavy (non-hydrogen) atoms. The van der Waals surface area contributed by atoms with Gasteiger partial charge in [-0.15, -0.1) is 0 Å². The molecule has 0 bridgehead atoms. The SMILES string of the molecule is CC(N=C(N)Nc1ccccc1)c1ncn[nH]1. The Balaban J connectivity index is 2.02. The third-order valence-corrected chi connectivity index (χ3v) is 2.21. The normalized spacial score (nSPS) is 13.4. The lowest BCUT2D eigenvalue weighted by atomic mass is 10.3. The highest BCUT2D eigenvalue weighted by atomic mass is 15.2. The molecule has 4 N–H and O–H groups in total. The Morgan fingerprint density at radius 3 is 2.82 bits per heavy atom. The van der Waals surface area contributed by atoms with Crippen LogP contribution in [0.5, 0.6) is 0 Å². The Morgan fingerprint density at radius 2 is 2.18 bits per heavy atom. The summed E-state index contributed by atoms with van der Waals surface area (Å²) in [7, 11) is 0. The number of rotatable bonds is 3. The second kappa shape index (κ2) is 5.11. The Labute approximate surface area is 99.0 Å². The van der Waals surface area contributed by atoms with E-state index in [4.69, 9.17) is 5.73 Å². The number of nitrogens with two attached hydrogens (primary N) is 1. The maximum absolute atomic E-state index is 5.79. The van der Waals surface area contributed by atoms with Gasteiger partial charge in [-0.25, -0.2) is 9.98 Å². The molecule has 0 aliphatic rings. The van der Waals surface area contributed by atoms with Gasteiger partial charge in [-0.05, 0) is 19.1 Å². The molecule has 1 atom stereocenters. The second-order valence-corrected chi connectivity index (χ2v) is 3.55. The van der Waals surface area contributed by atoms with Gasteiger partial charge in [0, 0.05) is 5.69 Å². The van der Waals surface area contributed by atoms with Crippen LogP contribution in [0.1, 0.15) is 18.8 Å². The van der Waals surface area contributed by atoms with E-state index in [1.165, 1.54) is 6.33 Å². The van der Waals surface area contributed by atoms with Crippen molar-refractivity contribution in [3.05, 3.63) is 42.5 Å². The first-order valence-electron chi connectivity index (χ1n) is 5.26. The van der Waals surface area contributed by atoms with Crippen LogP contribution < -0.4 is 11.1 Å². The monoisotopic (exact) mass is 230 g/mol. The molecule has 0 saturated heterocycles. The van der Waals surface area contributed by atoms with Crippen molar-refractivity contribution in [3.8, 4) is 0 Å². The van der Waals surface area contributed by atoms with Gasteiger partial charge in [0.05, 0.1) is 0 Å². The van der Waals surface area contributed by atoms with Gasteiger partial charge in [0.15, 0.2) is 5.96 Å². The number of benzene rings is 1. The zero-order valence-corrected chi connectivity index (χ0v) is 9.46. The van der Waals surface area contributed by atoms with Crippen molar-refractivity contribution in [1.82, 2.24) is 15.2 Å². The van der Waals surface area contributed by atoms with Crippen LogP contribution in [0.2, 0.25) is 0 Å². The van der Waals surface area contributed by atoms with Crippen molar-refractivity contribution in [2.45, 2.75) is 13.0 Å². The molecule has 6 heteroatoms. The lowest BCUT2D eigenvalue weighted by Crippen LogP contribution is -2.23. The fraction of sp³-hybridized carbons (Fsp3) is 0.182. The summed E-state index contributed by atoms with van der Waals surface area (Å²) in [6.45, 7) is 1.89. The van der Waals surface area contributed by atoms with Crippen LogP contribution in [0.4, 0.5) is 5.69 Å². The number of aromatic amines is 1. The molecule has 1 unspecified atom stereocenters. The first-order valence-corrected chi connectivity index (χ1v) is 5.26. The van der Waals surface area contributed by atoms with E-state index in [0.717, 1.165) is 5.69 Å². The highest BCUT2D eigenvalue weighted by Crippen LogP contribution is 2.10. The fourth-order valence-corrected chi connectivity index (χ4v) is 1.39. The molecule has 88 valence electrons. The first-order chi connectivity index (χ1) is 8.25. The number of aromatic nitrogens is 3. The van der Waals surface area contributed by atoms with E-state index >= 15 is 0 Å². The summed E-state index contributed by atoms with van der Waals surface area (Å²) in [5.41, 5.74) is 6.69. The molecule has 0 saturated carbocycles. The van der Waals surface area contributed by atoms with Crippen molar-refractivity contribution in [2.24, 2.45) is 10.7 Å². The van der Waals surface area contributed by atoms with Crippen LogP contribution in [0.15, 0.2) is 41.7 Å². The highest BCUT2D eigenvalue weighted by molar-refractivity contribution is 5.92. The van der Waals surface area contributed by atoms with E-state index in [-0.39, 0.29) is 6.04 Å². The number of para-hydroxylation sites is 1. The van der Waals surface area contributed by atoms with Gasteiger partial charge in [-0.2, -0.15) is 5.10 Å². The number of guanidine groups is 1. The van der Waals surface area contributed by atoms with Gasteiger partial charge in [0.25, 0.3) is 0 Å². The number of aliphatic imine (C=N–C) groups is 1. The van der Waals surface area contributed by atoms with Crippen LogP contribution in [-0.2, 0) is 0 Å². The largest absolute Gasteiger partial charge is 0.370 e.